The minimum atomic E-state index is -1.40. The molecule has 2 unspecified atom stereocenters. The lowest BCUT2D eigenvalue weighted by Crippen LogP contribution is -2.63. The summed E-state index contributed by atoms with van der Waals surface area (Å²) in [6, 6.07) is 25.9. The van der Waals surface area contributed by atoms with Crippen LogP contribution in [0.5, 0.6) is 0 Å². The van der Waals surface area contributed by atoms with Gasteiger partial charge in [0.15, 0.2) is 11.9 Å². The van der Waals surface area contributed by atoms with Gasteiger partial charge in [0.05, 0.1) is 20.8 Å². The predicted molar refractivity (Wildman–Crippen MR) is 127 cm³/mol. The number of carbonyl (C=O) groups excluding carboxylic acids is 3. The van der Waals surface area contributed by atoms with Crippen LogP contribution in [0.2, 0.25) is 0 Å². The second-order valence-corrected chi connectivity index (χ2v) is 7.90. The number of nitrogens with one attached hydrogen (secondary N) is 1. The Morgan fingerprint density at radius 1 is 0.857 bits per heavy atom. The normalized spacial score (nSPS) is 17.8. The monoisotopic (exact) mass is 474 g/mol. The van der Waals surface area contributed by atoms with Gasteiger partial charge in [-0.25, -0.2) is 9.69 Å². The summed E-state index contributed by atoms with van der Waals surface area (Å²) in [5.74, 6) is -1.88. The van der Waals surface area contributed by atoms with E-state index in [1.165, 1.54) is 19.1 Å². The quantitative estimate of drug-likeness (QED) is 0.526. The van der Waals surface area contributed by atoms with Gasteiger partial charge in [-0.15, -0.1) is 0 Å². The summed E-state index contributed by atoms with van der Waals surface area (Å²) in [5, 5.41) is 2.75. The molecule has 0 aromatic heterocycles. The van der Waals surface area contributed by atoms with Gasteiger partial charge in [0.2, 0.25) is 0 Å². The molecule has 0 saturated carbocycles. The van der Waals surface area contributed by atoms with Crippen LogP contribution in [0.15, 0.2) is 91.0 Å². The van der Waals surface area contributed by atoms with Crippen molar-refractivity contribution in [1.82, 2.24) is 10.2 Å². The van der Waals surface area contributed by atoms with Crippen molar-refractivity contribution in [3.05, 3.63) is 108 Å². The van der Waals surface area contributed by atoms with Crippen LogP contribution in [0, 0.1) is 0 Å². The molecule has 1 heterocycles. The van der Waals surface area contributed by atoms with E-state index in [9.17, 15) is 14.4 Å². The first-order valence-corrected chi connectivity index (χ1v) is 11.1. The van der Waals surface area contributed by atoms with Crippen molar-refractivity contribution in [2.24, 2.45) is 0 Å². The third-order valence-corrected chi connectivity index (χ3v) is 5.96. The summed E-state index contributed by atoms with van der Waals surface area (Å²) in [6.07, 6.45) is -1.38. The Kier molecular flexibility index (Phi) is 7.24. The minimum absolute atomic E-state index is 0.0782. The van der Waals surface area contributed by atoms with Crippen LogP contribution >= 0.6 is 0 Å². The minimum Gasteiger partial charge on any atom is -0.468 e. The number of ether oxygens (including phenoxy) is 3. The molecule has 1 aliphatic rings. The van der Waals surface area contributed by atoms with E-state index < -0.39 is 35.8 Å². The zero-order valence-corrected chi connectivity index (χ0v) is 19.4. The summed E-state index contributed by atoms with van der Waals surface area (Å²) in [5.41, 5.74) is 0.284. The van der Waals surface area contributed by atoms with Crippen LogP contribution in [0.25, 0.3) is 0 Å². The maximum atomic E-state index is 13.2. The number of carbonyl (C=O) groups is 3. The van der Waals surface area contributed by atoms with Crippen molar-refractivity contribution in [3.63, 3.8) is 0 Å². The average molecular weight is 475 g/mol. The Hall–Kier alpha value is -4.01. The highest BCUT2D eigenvalue weighted by atomic mass is 16.6. The summed E-state index contributed by atoms with van der Waals surface area (Å²) in [4.78, 5) is 40.8. The molecular weight excluding hydrogens is 448 g/mol. The van der Waals surface area contributed by atoms with Crippen LogP contribution in [0.1, 0.15) is 21.5 Å². The van der Waals surface area contributed by atoms with Crippen LogP contribution in [0.4, 0.5) is 0 Å². The number of rotatable bonds is 7. The molecule has 2 atom stereocenters. The van der Waals surface area contributed by atoms with E-state index >= 15 is 0 Å². The SMILES string of the molecule is COC(=O)C1COC(c2ccccc2)(c2ccccc2)N1C(NC(=O)c1ccccc1)C(=O)OC. The highest BCUT2D eigenvalue weighted by Gasteiger charge is 2.58. The van der Waals surface area contributed by atoms with Crippen LogP contribution < -0.4 is 5.32 Å². The van der Waals surface area contributed by atoms with Crippen molar-refractivity contribution in [2.45, 2.75) is 17.9 Å². The van der Waals surface area contributed by atoms with Crippen LogP contribution in [-0.4, -0.2) is 55.8 Å². The molecule has 1 N–H and O–H groups in total. The van der Waals surface area contributed by atoms with E-state index in [0.717, 1.165) is 0 Å². The predicted octanol–water partition coefficient (Wildman–Crippen LogP) is 2.69. The van der Waals surface area contributed by atoms with Crippen molar-refractivity contribution < 1.29 is 28.6 Å². The molecule has 1 fully saturated rings. The van der Waals surface area contributed by atoms with Gasteiger partial charge in [-0.2, -0.15) is 0 Å². The second-order valence-electron chi connectivity index (χ2n) is 7.90. The number of hydrogen-bond acceptors (Lipinski definition) is 7. The zero-order valence-electron chi connectivity index (χ0n) is 19.4. The Labute approximate surface area is 203 Å². The summed E-state index contributed by atoms with van der Waals surface area (Å²) in [6.45, 7) is -0.0782. The van der Waals surface area contributed by atoms with Gasteiger partial charge in [-0.05, 0) is 12.1 Å². The van der Waals surface area contributed by atoms with Gasteiger partial charge < -0.3 is 19.5 Å². The fourth-order valence-electron chi connectivity index (χ4n) is 4.36. The summed E-state index contributed by atoms with van der Waals surface area (Å²) in [7, 11) is 2.49. The average Bonchev–Trinajstić information content (AvgIpc) is 3.33. The summed E-state index contributed by atoms with van der Waals surface area (Å²) < 4.78 is 16.5. The van der Waals surface area contributed by atoms with E-state index in [2.05, 4.69) is 5.32 Å². The lowest BCUT2D eigenvalue weighted by atomic mass is 9.91. The second kappa shape index (κ2) is 10.5. The highest BCUT2D eigenvalue weighted by molar-refractivity contribution is 5.96. The van der Waals surface area contributed by atoms with Gasteiger partial charge in [-0.1, -0.05) is 78.9 Å². The molecule has 1 aliphatic heterocycles. The van der Waals surface area contributed by atoms with Gasteiger partial charge in [0.1, 0.15) is 6.04 Å². The van der Waals surface area contributed by atoms with Crippen LogP contribution in [-0.2, 0) is 29.5 Å². The molecular formula is C27H26N2O6. The molecule has 4 rings (SSSR count). The molecule has 0 spiro atoms. The molecule has 3 aromatic carbocycles. The van der Waals surface area contributed by atoms with Gasteiger partial charge in [0, 0.05) is 16.7 Å². The molecule has 8 heteroatoms. The number of nitrogens with zero attached hydrogens (tertiary/aromatic N) is 1. The number of hydrogen-bond donors (Lipinski definition) is 1. The van der Waals surface area contributed by atoms with E-state index in [1.54, 1.807) is 30.3 Å². The Balaban J connectivity index is 1.91. The first-order chi connectivity index (χ1) is 17.0. The Morgan fingerprint density at radius 2 is 1.37 bits per heavy atom. The number of esters is 2. The van der Waals surface area contributed by atoms with Crippen molar-refractivity contribution >= 4 is 17.8 Å². The number of benzene rings is 3. The van der Waals surface area contributed by atoms with Crippen molar-refractivity contribution in [3.8, 4) is 0 Å². The Bertz CT molecular complexity index is 1130. The summed E-state index contributed by atoms with van der Waals surface area (Å²) >= 11 is 0. The standard InChI is InChI=1S/C27H26N2O6/c1-33-25(31)22-18-35-27(20-14-8-4-9-15-20,21-16-10-5-11-17-21)29(22)23(26(32)34-2)28-24(30)19-12-6-3-7-13-19/h3-17,22-23H,18H2,1-2H3,(H,28,30). The Morgan fingerprint density at radius 3 is 1.86 bits per heavy atom. The van der Waals surface area contributed by atoms with E-state index in [4.69, 9.17) is 14.2 Å². The van der Waals surface area contributed by atoms with Gasteiger partial charge in [0.25, 0.3) is 5.91 Å². The van der Waals surface area contributed by atoms with Crippen molar-refractivity contribution in [2.75, 3.05) is 20.8 Å². The maximum absolute atomic E-state index is 13.2. The van der Waals surface area contributed by atoms with E-state index in [-0.39, 0.29) is 6.61 Å². The van der Waals surface area contributed by atoms with Gasteiger partial charge in [-0.3, -0.25) is 9.59 Å². The molecule has 35 heavy (non-hydrogen) atoms. The molecule has 3 aromatic rings. The number of methoxy groups -OCH3 is 2. The smallest absolute Gasteiger partial charge is 0.343 e. The van der Waals surface area contributed by atoms with E-state index in [0.29, 0.717) is 16.7 Å². The van der Waals surface area contributed by atoms with E-state index in [1.807, 2.05) is 60.7 Å². The molecule has 180 valence electrons. The molecule has 0 radical (unpaired) electrons. The molecule has 1 saturated heterocycles. The fourth-order valence-corrected chi connectivity index (χ4v) is 4.36. The molecule has 8 nitrogen and oxygen atoms in total. The lowest BCUT2D eigenvalue weighted by molar-refractivity contribution is -0.162. The molecule has 0 aliphatic carbocycles. The van der Waals surface area contributed by atoms with Gasteiger partial charge >= 0.3 is 11.9 Å². The van der Waals surface area contributed by atoms with Crippen LogP contribution in [0.3, 0.4) is 0 Å². The topological polar surface area (TPSA) is 94.2 Å². The third-order valence-electron chi connectivity index (χ3n) is 5.96. The maximum Gasteiger partial charge on any atom is 0.343 e. The third kappa shape index (κ3) is 4.53. The molecule has 1 amide bonds. The van der Waals surface area contributed by atoms with Crippen molar-refractivity contribution in [1.29, 1.82) is 0 Å². The lowest BCUT2D eigenvalue weighted by Gasteiger charge is -2.42. The fraction of sp³-hybridized carbons (Fsp3) is 0.222. The highest BCUT2D eigenvalue weighted by Crippen LogP contribution is 2.44. The largest absolute Gasteiger partial charge is 0.468 e. The first-order valence-electron chi connectivity index (χ1n) is 11.1. The molecule has 0 bridgehead atoms. The number of amides is 1. The zero-order chi connectivity index (χ0) is 24.8. The first kappa shape index (κ1) is 24.1.